The first-order valence-electron chi connectivity index (χ1n) is 6.88. The van der Waals surface area contributed by atoms with Crippen molar-refractivity contribution in [2.24, 2.45) is 5.73 Å². The van der Waals surface area contributed by atoms with E-state index in [0.29, 0.717) is 5.92 Å². The molecule has 2 aromatic heterocycles. The van der Waals surface area contributed by atoms with E-state index in [9.17, 15) is 4.79 Å². The first-order chi connectivity index (χ1) is 9.76. The fourth-order valence-corrected chi connectivity index (χ4v) is 3.50. The molecule has 3 heterocycles. The minimum Gasteiger partial charge on any atom is -0.333 e. The van der Waals surface area contributed by atoms with Crippen LogP contribution in [0.4, 0.5) is 0 Å². The Labute approximate surface area is 123 Å². The van der Waals surface area contributed by atoms with Crippen LogP contribution in [-0.2, 0) is 0 Å². The second-order valence-electron chi connectivity index (χ2n) is 5.00. The first kappa shape index (κ1) is 15.1. The quantitative estimate of drug-likeness (QED) is 0.864. The van der Waals surface area contributed by atoms with Gasteiger partial charge in [0.15, 0.2) is 6.29 Å². The van der Waals surface area contributed by atoms with Crippen LogP contribution in [0.25, 0.3) is 10.2 Å². The van der Waals surface area contributed by atoms with Crippen LogP contribution in [0.3, 0.4) is 0 Å². The van der Waals surface area contributed by atoms with Crippen molar-refractivity contribution in [2.45, 2.75) is 18.8 Å². The van der Waals surface area contributed by atoms with E-state index in [2.05, 4.69) is 29.8 Å². The molecule has 1 aliphatic heterocycles. The van der Waals surface area contributed by atoms with Crippen molar-refractivity contribution >= 4 is 27.8 Å². The van der Waals surface area contributed by atoms with Crippen LogP contribution < -0.4 is 5.73 Å². The van der Waals surface area contributed by atoms with Crippen molar-refractivity contribution in [3.8, 4) is 0 Å². The SMILES string of the molecule is CN.CN1CCCC(c2ccc3cc(C=O)sc3n2)C1. The second kappa shape index (κ2) is 6.92. The zero-order valence-electron chi connectivity index (χ0n) is 12.0. The highest BCUT2D eigenvalue weighted by Crippen LogP contribution is 2.29. The highest BCUT2D eigenvalue weighted by Gasteiger charge is 2.20. The first-order valence-corrected chi connectivity index (χ1v) is 7.70. The molecule has 0 spiro atoms. The van der Waals surface area contributed by atoms with Gasteiger partial charge < -0.3 is 10.6 Å². The van der Waals surface area contributed by atoms with Gasteiger partial charge in [-0.3, -0.25) is 4.79 Å². The number of nitrogens with zero attached hydrogens (tertiary/aromatic N) is 2. The van der Waals surface area contributed by atoms with E-state index in [-0.39, 0.29) is 0 Å². The summed E-state index contributed by atoms with van der Waals surface area (Å²) in [5.74, 6) is 0.537. The molecule has 1 atom stereocenters. The van der Waals surface area contributed by atoms with Crippen LogP contribution in [-0.4, -0.2) is 43.4 Å². The fraction of sp³-hybridized carbons (Fsp3) is 0.467. The van der Waals surface area contributed by atoms with Crippen molar-refractivity contribution in [3.63, 3.8) is 0 Å². The standard InChI is InChI=1S/C14H16N2OS.CH5N/c1-16-6-2-3-11(8-16)13-5-4-10-7-12(9-17)18-14(10)15-13;1-2/h4-5,7,9,11H,2-3,6,8H2,1H3;2H2,1H3. The Morgan fingerprint density at radius 3 is 2.95 bits per heavy atom. The minimum atomic E-state index is 0.537. The summed E-state index contributed by atoms with van der Waals surface area (Å²) in [6.45, 7) is 2.28. The molecular weight excluding hydrogens is 270 g/mol. The fourth-order valence-electron chi connectivity index (χ4n) is 2.64. The Hall–Kier alpha value is -1.30. The van der Waals surface area contributed by atoms with Crippen LogP contribution in [0.5, 0.6) is 0 Å². The summed E-state index contributed by atoms with van der Waals surface area (Å²) in [7, 11) is 3.67. The van der Waals surface area contributed by atoms with E-state index >= 15 is 0 Å². The summed E-state index contributed by atoms with van der Waals surface area (Å²) in [6.07, 6.45) is 3.36. The number of fused-ring (bicyclic) bond motifs is 1. The Balaban J connectivity index is 0.000000704. The van der Waals surface area contributed by atoms with Gasteiger partial charge in [-0.25, -0.2) is 4.98 Å². The number of rotatable bonds is 2. The maximum Gasteiger partial charge on any atom is 0.160 e. The number of hydrogen-bond donors (Lipinski definition) is 1. The lowest BCUT2D eigenvalue weighted by molar-refractivity contribution is 0.112. The molecule has 1 fully saturated rings. The third-order valence-corrected chi connectivity index (χ3v) is 4.55. The average molecular weight is 291 g/mol. The molecule has 0 aromatic carbocycles. The van der Waals surface area contributed by atoms with E-state index in [0.717, 1.165) is 27.9 Å². The van der Waals surface area contributed by atoms with Crippen LogP contribution in [0.15, 0.2) is 18.2 Å². The van der Waals surface area contributed by atoms with Gasteiger partial charge in [0, 0.05) is 23.5 Å². The van der Waals surface area contributed by atoms with Crippen LogP contribution in [0.2, 0.25) is 0 Å². The molecule has 3 rings (SSSR count). The maximum atomic E-state index is 10.8. The summed E-state index contributed by atoms with van der Waals surface area (Å²) in [5.41, 5.74) is 5.67. The number of pyridine rings is 1. The molecule has 1 saturated heterocycles. The van der Waals surface area contributed by atoms with Gasteiger partial charge in [-0.1, -0.05) is 6.07 Å². The molecule has 0 saturated carbocycles. The van der Waals surface area contributed by atoms with Crippen molar-refractivity contribution < 1.29 is 4.79 Å². The van der Waals surface area contributed by atoms with E-state index in [4.69, 9.17) is 4.98 Å². The second-order valence-corrected chi connectivity index (χ2v) is 6.06. The molecule has 0 aliphatic carbocycles. The van der Waals surface area contributed by atoms with Gasteiger partial charge in [0.25, 0.3) is 0 Å². The number of thiophene rings is 1. The monoisotopic (exact) mass is 291 g/mol. The largest absolute Gasteiger partial charge is 0.333 e. The number of nitrogens with two attached hydrogens (primary N) is 1. The molecule has 0 amide bonds. The summed E-state index contributed by atoms with van der Waals surface area (Å²) in [4.78, 5) is 19.6. The smallest absolute Gasteiger partial charge is 0.160 e. The highest BCUT2D eigenvalue weighted by molar-refractivity contribution is 7.20. The molecule has 1 aliphatic rings. The van der Waals surface area contributed by atoms with Gasteiger partial charge in [0.1, 0.15) is 4.83 Å². The minimum absolute atomic E-state index is 0.537. The number of piperidine rings is 1. The Morgan fingerprint density at radius 2 is 2.25 bits per heavy atom. The van der Waals surface area contributed by atoms with E-state index < -0.39 is 0 Å². The number of aromatic nitrogens is 1. The van der Waals surface area contributed by atoms with Gasteiger partial charge >= 0.3 is 0 Å². The van der Waals surface area contributed by atoms with Crippen molar-refractivity contribution in [3.05, 3.63) is 28.8 Å². The lowest BCUT2D eigenvalue weighted by Gasteiger charge is -2.29. The van der Waals surface area contributed by atoms with Gasteiger partial charge in [-0.15, -0.1) is 11.3 Å². The number of likely N-dealkylation sites (tertiary alicyclic amines) is 1. The molecule has 0 bridgehead atoms. The van der Waals surface area contributed by atoms with Crippen LogP contribution in [0.1, 0.15) is 34.1 Å². The lowest BCUT2D eigenvalue weighted by atomic mass is 9.94. The highest BCUT2D eigenvalue weighted by atomic mass is 32.1. The van der Waals surface area contributed by atoms with Gasteiger partial charge in [-0.2, -0.15) is 0 Å². The number of aldehydes is 1. The summed E-state index contributed by atoms with van der Waals surface area (Å²) in [6, 6.07) is 6.13. The topological polar surface area (TPSA) is 59.2 Å². The molecule has 5 heteroatoms. The van der Waals surface area contributed by atoms with Crippen molar-refractivity contribution in [2.75, 3.05) is 27.2 Å². The van der Waals surface area contributed by atoms with Gasteiger partial charge in [0.2, 0.25) is 0 Å². The number of carbonyl (C=O) groups excluding carboxylic acids is 1. The Kier molecular flexibility index (Phi) is 5.23. The van der Waals surface area contributed by atoms with E-state index in [1.165, 1.54) is 43.5 Å². The zero-order chi connectivity index (χ0) is 14.5. The number of likely N-dealkylation sites (N-methyl/N-ethyl adjacent to an activating group) is 1. The van der Waals surface area contributed by atoms with Crippen molar-refractivity contribution in [1.82, 2.24) is 9.88 Å². The van der Waals surface area contributed by atoms with Crippen LogP contribution in [0, 0.1) is 0 Å². The summed E-state index contributed by atoms with van der Waals surface area (Å²) < 4.78 is 0. The molecule has 20 heavy (non-hydrogen) atoms. The van der Waals surface area contributed by atoms with Crippen molar-refractivity contribution in [1.29, 1.82) is 0 Å². The van der Waals surface area contributed by atoms with E-state index in [1.54, 1.807) is 0 Å². The summed E-state index contributed by atoms with van der Waals surface area (Å²) in [5, 5.41) is 1.08. The van der Waals surface area contributed by atoms with Gasteiger partial charge in [-0.05, 0) is 45.6 Å². The summed E-state index contributed by atoms with van der Waals surface area (Å²) >= 11 is 1.48. The molecule has 0 radical (unpaired) electrons. The predicted octanol–water partition coefficient (Wildman–Crippen LogP) is 2.49. The zero-order valence-corrected chi connectivity index (χ0v) is 12.8. The predicted molar refractivity (Wildman–Crippen MR) is 84.6 cm³/mol. The average Bonchev–Trinajstić information content (AvgIpc) is 2.91. The lowest BCUT2D eigenvalue weighted by Crippen LogP contribution is -2.31. The Bertz CT molecular complexity index is 582. The molecule has 4 nitrogen and oxygen atoms in total. The molecule has 108 valence electrons. The molecule has 2 aromatic rings. The molecule has 1 unspecified atom stereocenters. The number of hydrogen-bond acceptors (Lipinski definition) is 5. The normalized spacial score (nSPS) is 19.4. The molecular formula is C15H21N3OS. The molecule has 2 N–H and O–H groups in total. The van der Waals surface area contributed by atoms with Gasteiger partial charge in [0.05, 0.1) is 4.88 Å². The van der Waals surface area contributed by atoms with E-state index in [1.807, 2.05) is 6.07 Å². The third-order valence-electron chi connectivity index (χ3n) is 3.58. The maximum absolute atomic E-state index is 10.8. The Morgan fingerprint density at radius 1 is 1.45 bits per heavy atom. The number of carbonyl (C=O) groups is 1. The third kappa shape index (κ3) is 3.23. The van der Waals surface area contributed by atoms with Crippen LogP contribution >= 0.6 is 11.3 Å².